The molecule has 0 aromatic carbocycles. The molecule has 1 unspecified atom stereocenters. The first kappa shape index (κ1) is 14.3. The maximum Gasteiger partial charge on any atom is -0.000664 e. The number of likely N-dealkylation sites (tertiary alicyclic amines) is 1. The van der Waals surface area contributed by atoms with Gasteiger partial charge in [-0.2, -0.15) is 0 Å². The van der Waals surface area contributed by atoms with Crippen LogP contribution in [0.5, 0.6) is 0 Å². The molecule has 1 aliphatic carbocycles. The average molecular weight is 252 g/mol. The summed E-state index contributed by atoms with van der Waals surface area (Å²) in [7, 11) is 0. The minimum absolute atomic E-state index is 0.583. The summed E-state index contributed by atoms with van der Waals surface area (Å²) in [4.78, 5) is 2.64. The van der Waals surface area contributed by atoms with Crippen LogP contribution in [0.25, 0.3) is 0 Å². The summed E-state index contributed by atoms with van der Waals surface area (Å²) in [6, 6.07) is 0. The SMILES string of the molecule is CC1(C)CCCC1CNCCCN1CCCCC1. The molecule has 1 saturated carbocycles. The minimum atomic E-state index is 0.583. The summed E-state index contributed by atoms with van der Waals surface area (Å²) in [5.41, 5.74) is 0.583. The average Bonchev–Trinajstić information content (AvgIpc) is 2.70. The number of hydrogen-bond acceptors (Lipinski definition) is 2. The van der Waals surface area contributed by atoms with E-state index in [0.29, 0.717) is 5.41 Å². The van der Waals surface area contributed by atoms with Crippen LogP contribution in [0.2, 0.25) is 0 Å². The van der Waals surface area contributed by atoms with E-state index in [1.165, 1.54) is 77.7 Å². The Kier molecular flexibility index (Phi) is 5.50. The van der Waals surface area contributed by atoms with Crippen molar-refractivity contribution in [1.29, 1.82) is 0 Å². The fourth-order valence-electron chi connectivity index (χ4n) is 3.66. The quantitative estimate of drug-likeness (QED) is 0.730. The van der Waals surface area contributed by atoms with Gasteiger partial charge < -0.3 is 10.2 Å². The van der Waals surface area contributed by atoms with Crippen LogP contribution in [0, 0.1) is 11.3 Å². The lowest BCUT2D eigenvalue weighted by atomic mass is 9.82. The zero-order chi connectivity index (χ0) is 12.8. The molecule has 2 nitrogen and oxygen atoms in total. The van der Waals surface area contributed by atoms with Gasteiger partial charge >= 0.3 is 0 Å². The second-order valence-electron chi connectivity index (χ2n) is 7.04. The highest BCUT2D eigenvalue weighted by atomic mass is 15.1. The lowest BCUT2D eigenvalue weighted by molar-refractivity contribution is 0.221. The summed E-state index contributed by atoms with van der Waals surface area (Å²) in [6.07, 6.45) is 9.92. The van der Waals surface area contributed by atoms with Crippen molar-refractivity contribution in [2.75, 3.05) is 32.7 Å². The second kappa shape index (κ2) is 6.91. The molecule has 1 heterocycles. The predicted molar refractivity (Wildman–Crippen MR) is 78.9 cm³/mol. The van der Waals surface area contributed by atoms with Crippen LogP contribution in [0.4, 0.5) is 0 Å². The molecule has 0 spiro atoms. The zero-order valence-electron chi connectivity index (χ0n) is 12.5. The highest BCUT2D eigenvalue weighted by Crippen LogP contribution is 2.41. The Morgan fingerprint density at radius 1 is 1.11 bits per heavy atom. The summed E-state index contributed by atoms with van der Waals surface area (Å²) >= 11 is 0. The van der Waals surface area contributed by atoms with Gasteiger partial charge in [-0.3, -0.25) is 0 Å². The normalized spacial score (nSPS) is 28.7. The molecule has 1 atom stereocenters. The number of nitrogens with zero attached hydrogens (tertiary/aromatic N) is 1. The molecule has 2 rings (SSSR count). The molecule has 1 aliphatic heterocycles. The summed E-state index contributed by atoms with van der Waals surface area (Å²) < 4.78 is 0. The molecular weight excluding hydrogens is 220 g/mol. The van der Waals surface area contributed by atoms with Crippen molar-refractivity contribution in [3.8, 4) is 0 Å². The lowest BCUT2D eigenvalue weighted by Crippen LogP contribution is -2.34. The van der Waals surface area contributed by atoms with Gasteiger partial charge in [-0.25, -0.2) is 0 Å². The van der Waals surface area contributed by atoms with Crippen LogP contribution >= 0.6 is 0 Å². The van der Waals surface area contributed by atoms with Crippen LogP contribution in [0.1, 0.15) is 58.8 Å². The molecule has 1 saturated heterocycles. The molecule has 18 heavy (non-hydrogen) atoms. The Morgan fingerprint density at radius 3 is 2.56 bits per heavy atom. The summed E-state index contributed by atoms with van der Waals surface area (Å²) in [5, 5.41) is 3.70. The van der Waals surface area contributed by atoms with Crippen LogP contribution < -0.4 is 5.32 Å². The van der Waals surface area contributed by atoms with E-state index in [2.05, 4.69) is 24.1 Å². The number of piperidine rings is 1. The Balaban J connectivity index is 1.51. The summed E-state index contributed by atoms with van der Waals surface area (Å²) in [6.45, 7) is 11.3. The zero-order valence-corrected chi connectivity index (χ0v) is 12.5. The predicted octanol–water partition coefficient (Wildman–Crippen LogP) is 3.28. The van der Waals surface area contributed by atoms with Crippen molar-refractivity contribution in [1.82, 2.24) is 10.2 Å². The smallest absolute Gasteiger partial charge is 0.000664 e. The Hall–Kier alpha value is -0.0800. The van der Waals surface area contributed by atoms with Gasteiger partial charge in [-0.05, 0) is 76.2 Å². The van der Waals surface area contributed by atoms with Gasteiger partial charge in [0.25, 0.3) is 0 Å². The third kappa shape index (κ3) is 4.24. The number of rotatable bonds is 6. The van der Waals surface area contributed by atoms with Crippen LogP contribution in [-0.2, 0) is 0 Å². The Labute approximate surface area is 114 Å². The van der Waals surface area contributed by atoms with Crippen molar-refractivity contribution in [2.45, 2.75) is 58.8 Å². The van der Waals surface area contributed by atoms with Crippen molar-refractivity contribution in [2.24, 2.45) is 11.3 Å². The molecule has 0 aromatic rings. The monoisotopic (exact) mass is 252 g/mol. The highest BCUT2D eigenvalue weighted by Gasteiger charge is 2.33. The fourth-order valence-corrected chi connectivity index (χ4v) is 3.66. The van der Waals surface area contributed by atoms with Crippen LogP contribution in [0.3, 0.4) is 0 Å². The van der Waals surface area contributed by atoms with Crippen LogP contribution in [-0.4, -0.2) is 37.6 Å². The highest BCUT2D eigenvalue weighted by molar-refractivity contribution is 4.85. The van der Waals surface area contributed by atoms with E-state index < -0.39 is 0 Å². The van der Waals surface area contributed by atoms with Crippen molar-refractivity contribution >= 4 is 0 Å². The molecule has 1 N–H and O–H groups in total. The first-order valence-electron chi connectivity index (χ1n) is 8.11. The van der Waals surface area contributed by atoms with Gasteiger partial charge in [0.15, 0.2) is 0 Å². The topological polar surface area (TPSA) is 15.3 Å². The second-order valence-corrected chi connectivity index (χ2v) is 7.04. The first-order chi connectivity index (χ1) is 8.68. The van der Waals surface area contributed by atoms with E-state index in [-0.39, 0.29) is 0 Å². The molecule has 0 radical (unpaired) electrons. The minimum Gasteiger partial charge on any atom is -0.316 e. The Bertz CT molecular complexity index is 231. The molecule has 0 aromatic heterocycles. The van der Waals surface area contributed by atoms with Gasteiger partial charge in [0, 0.05) is 0 Å². The van der Waals surface area contributed by atoms with Crippen molar-refractivity contribution < 1.29 is 0 Å². The molecule has 2 aliphatic rings. The summed E-state index contributed by atoms with van der Waals surface area (Å²) in [5.74, 6) is 0.910. The maximum absolute atomic E-state index is 3.70. The number of hydrogen-bond donors (Lipinski definition) is 1. The van der Waals surface area contributed by atoms with Crippen LogP contribution in [0.15, 0.2) is 0 Å². The molecule has 0 bridgehead atoms. The van der Waals surface area contributed by atoms with Gasteiger partial charge in [0.05, 0.1) is 0 Å². The first-order valence-corrected chi connectivity index (χ1v) is 8.11. The largest absolute Gasteiger partial charge is 0.316 e. The van der Waals surface area contributed by atoms with Crippen molar-refractivity contribution in [3.05, 3.63) is 0 Å². The molecule has 106 valence electrons. The van der Waals surface area contributed by atoms with Crippen molar-refractivity contribution in [3.63, 3.8) is 0 Å². The third-order valence-electron chi connectivity index (χ3n) is 5.15. The standard InChI is InChI=1S/C16H32N2/c1-16(2)9-6-8-15(16)14-17-10-7-13-18-11-4-3-5-12-18/h15,17H,3-14H2,1-2H3. The van der Waals surface area contributed by atoms with Gasteiger partial charge in [-0.1, -0.05) is 26.7 Å². The van der Waals surface area contributed by atoms with Gasteiger partial charge in [-0.15, -0.1) is 0 Å². The molecule has 0 amide bonds. The van der Waals surface area contributed by atoms with Gasteiger partial charge in [0.1, 0.15) is 0 Å². The van der Waals surface area contributed by atoms with Gasteiger partial charge in [0.2, 0.25) is 0 Å². The van der Waals surface area contributed by atoms with E-state index in [4.69, 9.17) is 0 Å². The van der Waals surface area contributed by atoms with E-state index >= 15 is 0 Å². The van der Waals surface area contributed by atoms with E-state index in [0.717, 1.165) is 5.92 Å². The fraction of sp³-hybridized carbons (Fsp3) is 1.00. The lowest BCUT2D eigenvalue weighted by Gasteiger charge is -2.28. The molecule has 2 heteroatoms. The molecule has 2 fully saturated rings. The third-order valence-corrected chi connectivity index (χ3v) is 5.15. The van der Waals surface area contributed by atoms with E-state index in [1.807, 2.05) is 0 Å². The maximum atomic E-state index is 3.70. The Morgan fingerprint density at radius 2 is 1.89 bits per heavy atom. The molecular formula is C16H32N2. The number of nitrogens with one attached hydrogen (secondary N) is 1. The van der Waals surface area contributed by atoms with E-state index in [9.17, 15) is 0 Å². The van der Waals surface area contributed by atoms with E-state index in [1.54, 1.807) is 0 Å².